The van der Waals surface area contributed by atoms with E-state index in [1.807, 2.05) is 44.3 Å². The summed E-state index contributed by atoms with van der Waals surface area (Å²) in [7, 11) is -1.48. The maximum atomic E-state index is 12.5. The number of likely N-dealkylation sites (N-methyl/N-ethyl adjacent to an activating group) is 1. The van der Waals surface area contributed by atoms with Crippen molar-refractivity contribution in [3.8, 4) is 0 Å². The van der Waals surface area contributed by atoms with Crippen LogP contribution in [0, 0.1) is 0 Å². The molecule has 0 aromatic heterocycles. The van der Waals surface area contributed by atoms with Gasteiger partial charge in [0.05, 0.1) is 16.2 Å². The molecular formula is C19H24N2O3S. The average Bonchev–Trinajstić information content (AvgIpc) is 2.65. The molecule has 2 rings (SSSR count). The zero-order chi connectivity index (χ0) is 18.4. The van der Waals surface area contributed by atoms with Crippen molar-refractivity contribution in [3.05, 3.63) is 60.2 Å². The summed E-state index contributed by atoms with van der Waals surface area (Å²) in [6.07, 6.45) is 0. The van der Waals surface area contributed by atoms with Gasteiger partial charge in [-0.15, -0.1) is 0 Å². The van der Waals surface area contributed by atoms with Crippen LogP contribution in [0.5, 0.6) is 0 Å². The molecule has 1 atom stereocenters. The molecule has 0 spiro atoms. The second-order valence-corrected chi connectivity index (χ2v) is 8.15. The highest BCUT2D eigenvalue weighted by atomic mass is 32.2. The lowest BCUT2D eigenvalue weighted by molar-refractivity contribution is 0.0948. The van der Waals surface area contributed by atoms with Crippen LogP contribution in [0.4, 0.5) is 5.69 Å². The Kier molecular flexibility index (Phi) is 6.20. The number of hydrogen-bond acceptors (Lipinski definition) is 4. The summed E-state index contributed by atoms with van der Waals surface area (Å²) in [6.45, 7) is 3.98. The van der Waals surface area contributed by atoms with Crippen LogP contribution in [-0.4, -0.2) is 39.7 Å². The fourth-order valence-corrected chi connectivity index (χ4v) is 3.56. The van der Waals surface area contributed by atoms with Crippen LogP contribution in [0.25, 0.3) is 0 Å². The molecule has 2 aromatic rings. The lowest BCUT2D eigenvalue weighted by Crippen LogP contribution is -2.40. The van der Waals surface area contributed by atoms with Crippen LogP contribution in [0.1, 0.15) is 24.2 Å². The minimum atomic E-state index is -3.44. The van der Waals surface area contributed by atoms with Crippen LogP contribution in [0.2, 0.25) is 0 Å². The predicted octanol–water partition coefficient (Wildman–Crippen LogP) is 2.73. The lowest BCUT2D eigenvalue weighted by Gasteiger charge is -2.27. The molecule has 0 aliphatic carbocycles. The van der Waals surface area contributed by atoms with Gasteiger partial charge in [0, 0.05) is 25.3 Å². The molecule has 0 radical (unpaired) electrons. The second-order valence-electron chi connectivity index (χ2n) is 5.91. The van der Waals surface area contributed by atoms with Crippen molar-refractivity contribution in [1.29, 1.82) is 0 Å². The third-order valence-corrected chi connectivity index (χ3v) is 6.02. The van der Waals surface area contributed by atoms with E-state index in [1.54, 1.807) is 25.1 Å². The summed E-state index contributed by atoms with van der Waals surface area (Å²) in [4.78, 5) is 14.6. The number of benzene rings is 2. The number of nitrogens with zero attached hydrogens (tertiary/aromatic N) is 1. The maximum Gasteiger partial charge on any atom is 0.252 e. The summed E-state index contributed by atoms with van der Waals surface area (Å²) in [5.41, 5.74) is 1.25. The van der Waals surface area contributed by atoms with Gasteiger partial charge in [-0.05, 0) is 31.2 Å². The number of hydrogen-bond donors (Lipinski definition) is 1. The summed E-state index contributed by atoms with van der Waals surface area (Å²) in [6, 6.07) is 16.3. The van der Waals surface area contributed by atoms with Gasteiger partial charge in [0.25, 0.3) is 5.91 Å². The van der Waals surface area contributed by atoms with Gasteiger partial charge in [-0.2, -0.15) is 0 Å². The van der Waals surface area contributed by atoms with E-state index < -0.39 is 9.84 Å². The zero-order valence-corrected chi connectivity index (χ0v) is 15.6. The zero-order valence-electron chi connectivity index (χ0n) is 14.8. The van der Waals surface area contributed by atoms with E-state index in [0.29, 0.717) is 6.54 Å². The summed E-state index contributed by atoms with van der Waals surface area (Å²) < 4.78 is 24.3. The molecule has 1 amide bonds. The quantitative estimate of drug-likeness (QED) is 0.824. The molecule has 134 valence electrons. The maximum absolute atomic E-state index is 12.5. The van der Waals surface area contributed by atoms with E-state index in [0.717, 1.165) is 5.69 Å². The minimum absolute atomic E-state index is 0.0373. The highest BCUT2D eigenvalue weighted by Gasteiger charge is 2.21. The number of nitrogens with one attached hydrogen (secondary N) is 1. The third-order valence-electron chi connectivity index (χ3n) is 4.23. The topological polar surface area (TPSA) is 66.5 Å². The van der Waals surface area contributed by atoms with Crippen LogP contribution >= 0.6 is 0 Å². The first kappa shape index (κ1) is 19.0. The number of anilines is 1. The minimum Gasteiger partial charge on any atom is -0.370 e. The normalized spacial score (nSPS) is 12.4. The van der Waals surface area contributed by atoms with Crippen LogP contribution in [-0.2, 0) is 9.84 Å². The van der Waals surface area contributed by atoms with Gasteiger partial charge < -0.3 is 10.2 Å². The average molecular weight is 360 g/mol. The van der Waals surface area contributed by atoms with Gasteiger partial charge in [0.2, 0.25) is 0 Å². The highest BCUT2D eigenvalue weighted by molar-refractivity contribution is 7.91. The highest BCUT2D eigenvalue weighted by Crippen LogP contribution is 2.17. The van der Waals surface area contributed by atoms with Gasteiger partial charge in [-0.1, -0.05) is 37.3 Å². The fraction of sp³-hybridized carbons (Fsp3) is 0.316. The summed E-state index contributed by atoms with van der Waals surface area (Å²) in [5.74, 6) is -0.411. The molecule has 0 fully saturated rings. The number of carbonyl (C=O) groups is 1. The molecule has 0 saturated carbocycles. The van der Waals surface area contributed by atoms with Crippen molar-refractivity contribution in [2.75, 3.05) is 24.2 Å². The van der Waals surface area contributed by atoms with E-state index >= 15 is 0 Å². The molecule has 0 bridgehead atoms. The summed E-state index contributed by atoms with van der Waals surface area (Å²) >= 11 is 0. The SMILES string of the molecule is CCS(=O)(=O)c1ccccc1C(=O)NC[C@H](C)N(C)c1ccccc1. The third kappa shape index (κ3) is 4.60. The smallest absolute Gasteiger partial charge is 0.252 e. The lowest BCUT2D eigenvalue weighted by atomic mass is 10.2. The van der Waals surface area contributed by atoms with E-state index in [4.69, 9.17) is 0 Å². The largest absolute Gasteiger partial charge is 0.370 e. The monoisotopic (exact) mass is 360 g/mol. The molecule has 0 aliphatic rings. The number of carbonyl (C=O) groups excluding carboxylic acids is 1. The number of amides is 1. The van der Waals surface area contributed by atoms with Crippen molar-refractivity contribution in [1.82, 2.24) is 5.32 Å². The Bertz CT molecular complexity index is 820. The van der Waals surface area contributed by atoms with Crippen molar-refractivity contribution in [3.63, 3.8) is 0 Å². The number of rotatable bonds is 7. The predicted molar refractivity (Wildman–Crippen MR) is 101 cm³/mol. The van der Waals surface area contributed by atoms with Crippen LogP contribution < -0.4 is 10.2 Å². The van der Waals surface area contributed by atoms with Gasteiger partial charge >= 0.3 is 0 Å². The van der Waals surface area contributed by atoms with Crippen LogP contribution in [0.3, 0.4) is 0 Å². The Balaban J connectivity index is 2.09. The van der Waals surface area contributed by atoms with E-state index in [1.165, 1.54) is 6.07 Å². The molecule has 0 unspecified atom stereocenters. The molecule has 0 heterocycles. The standard InChI is InChI=1S/C19H24N2O3S/c1-4-25(23,24)18-13-9-8-12-17(18)19(22)20-14-15(2)21(3)16-10-6-5-7-11-16/h5-13,15H,4,14H2,1-3H3,(H,20,22)/t15-/m0/s1. The Morgan fingerprint density at radius 3 is 2.32 bits per heavy atom. The number of sulfone groups is 1. The Morgan fingerprint density at radius 2 is 1.68 bits per heavy atom. The Morgan fingerprint density at radius 1 is 1.08 bits per heavy atom. The Labute approximate surface area is 149 Å². The molecule has 1 N–H and O–H groups in total. The van der Waals surface area contributed by atoms with Crippen molar-refractivity contribution in [2.45, 2.75) is 24.8 Å². The molecule has 6 heteroatoms. The summed E-state index contributed by atoms with van der Waals surface area (Å²) in [5, 5.41) is 2.84. The second kappa shape index (κ2) is 8.16. The van der Waals surface area contributed by atoms with E-state index in [2.05, 4.69) is 10.2 Å². The molecule has 0 saturated heterocycles. The molecule has 25 heavy (non-hydrogen) atoms. The van der Waals surface area contributed by atoms with Crippen molar-refractivity contribution in [2.24, 2.45) is 0 Å². The molecule has 2 aromatic carbocycles. The Hall–Kier alpha value is -2.34. The molecule has 0 aliphatic heterocycles. The van der Waals surface area contributed by atoms with Gasteiger partial charge in [-0.25, -0.2) is 8.42 Å². The first-order chi connectivity index (χ1) is 11.9. The van der Waals surface area contributed by atoms with Crippen LogP contribution in [0.15, 0.2) is 59.5 Å². The molecular weight excluding hydrogens is 336 g/mol. The fourth-order valence-electron chi connectivity index (χ4n) is 2.47. The van der Waals surface area contributed by atoms with Gasteiger partial charge in [0.1, 0.15) is 0 Å². The van der Waals surface area contributed by atoms with Crippen molar-refractivity contribution >= 4 is 21.4 Å². The first-order valence-corrected chi connectivity index (χ1v) is 9.90. The first-order valence-electron chi connectivity index (χ1n) is 8.24. The molecule has 5 nitrogen and oxygen atoms in total. The van der Waals surface area contributed by atoms with Gasteiger partial charge in [0.15, 0.2) is 9.84 Å². The van der Waals surface area contributed by atoms with Gasteiger partial charge in [-0.3, -0.25) is 4.79 Å². The van der Waals surface area contributed by atoms with Crippen molar-refractivity contribution < 1.29 is 13.2 Å². The van der Waals surface area contributed by atoms with E-state index in [9.17, 15) is 13.2 Å². The van der Waals surface area contributed by atoms with E-state index in [-0.39, 0.29) is 28.2 Å². The number of para-hydroxylation sites is 1.